The maximum atomic E-state index is 12.2. The topological polar surface area (TPSA) is 23.6 Å². The van der Waals surface area contributed by atoms with Crippen molar-refractivity contribution in [3.05, 3.63) is 35.9 Å². The maximum absolute atomic E-state index is 12.2. The molecule has 1 fully saturated rings. The number of nitrogens with zero attached hydrogens (tertiary/aromatic N) is 2. The van der Waals surface area contributed by atoms with Gasteiger partial charge in [-0.05, 0) is 38.1 Å². The van der Waals surface area contributed by atoms with Gasteiger partial charge in [0.25, 0.3) is 5.91 Å². The summed E-state index contributed by atoms with van der Waals surface area (Å²) in [5.74, 6) is 0.124. The SMILES string of the molecule is CCN1CCCC1CN(C)C(=O)c1ccccc1. The Morgan fingerprint density at radius 1 is 1.39 bits per heavy atom. The number of likely N-dealkylation sites (tertiary alicyclic amines) is 1. The minimum atomic E-state index is 0.124. The van der Waals surface area contributed by atoms with Gasteiger partial charge in [0, 0.05) is 25.2 Å². The lowest BCUT2D eigenvalue weighted by atomic mass is 10.1. The average molecular weight is 246 g/mol. The fourth-order valence-electron chi connectivity index (χ4n) is 2.72. The molecule has 1 aromatic carbocycles. The van der Waals surface area contributed by atoms with Crippen LogP contribution in [0.15, 0.2) is 30.3 Å². The van der Waals surface area contributed by atoms with E-state index in [1.165, 1.54) is 19.4 Å². The summed E-state index contributed by atoms with van der Waals surface area (Å²) >= 11 is 0. The number of rotatable bonds is 4. The van der Waals surface area contributed by atoms with Crippen LogP contribution in [0.5, 0.6) is 0 Å². The minimum Gasteiger partial charge on any atom is -0.340 e. The summed E-state index contributed by atoms with van der Waals surface area (Å²) in [5.41, 5.74) is 0.779. The van der Waals surface area contributed by atoms with Crippen molar-refractivity contribution >= 4 is 5.91 Å². The smallest absolute Gasteiger partial charge is 0.253 e. The Kier molecular flexibility index (Phi) is 4.37. The van der Waals surface area contributed by atoms with Gasteiger partial charge >= 0.3 is 0 Å². The third-order valence-corrected chi connectivity index (χ3v) is 3.76. The van der Waals surface area contributed by atoms with Gasteiger partial charge in [0.2, 0.25) is 0 Å². The van der Waals surface area contributed by atoms with Crippen LogP contribution in [0, 0.1) is 0 Å². The fraction of sp³-hybridized carbons (Fsp3) is 0.533. The van der Waals surface area contributed by atoms with Crippen molar-refractivity contribution in [1.29, 1.82) is 0 Å². The highest BCUT2D eigenvalue weighted by atomic mass is 16.2. The van der Waals surface area contributed by atoms with Gasteiger partial charge in [0.1, 0.15) is 0 Å². The molecule has 3 nitrogen and oxygen atoms in total. The molecule has 1 aliphatic rings. The second kappa shape index (κ2) is 6.01. The van der Waals surface area contributed by atoms with Gasteiger partial charge in [-0.1, -0.05) is 25.1 Å². The molecule has 1 aliphatic heterocycles. The first-order valence-corrected chi connectivity index (χ1v) is 6.77. The maximum Gasteiger partial charge on any atom is 0.253 e. The molecule has 1 atom stereocenters. The summed E-state index contributed by atoms with van der Waals surface area (Å²) in [4.78, 5) is 16.6. The first-order valence-electron chi connectivity index (χ1n) is 6.77. The van der Waals surface area contributed by atoms with Crippen LogP contribution < -0.4 is 0 Å². The van der Waals surface area contributed by atoms with E-state index in [0.717, 1.165) is 18.7 Å². The van der Waals surface area contributed by atoms with E-state index in [2.05, 4.69) is 11.8 Å². The summed E-state index contributed by atoms with van der Waals surface area (Å²) in [7, 11) is 1.90. The third kappa shape index (κ3) is 2.91. The van der Waals surface area contributed by atoms with E-state index in [4.69, 9.17) is 0 Å². The second-order valence-corrected chi connectivity index (χ2v) is 4.98. The van der Waals surface area contributed by atoms with Crippen LogP contribution in [-0.4, -0.2) is 48.4 Å². The number of carbonyl (C=O) groups is 1. The quantitative estimate of drug-likeness (QED) is 0.813. The predicted molar refractivity (Wildman–Crippen MR) is 73.7 cm³/mol. The Bertz CT molecular complexity index is 391. The van der Waals surface area contributed by atoms with Crippen molar-refractivity contribution in [1.82, 2.24) is 9.80 Å². The number of hydrogen-bond acceptors (Lipinski definition) is 2. The molecule has 0 N–H and O–H groups in total. The van der Waals surface area contributed by atoms with E-state index in [9.17, 15) is 4.79 Å². The van der Waals surface area contributed by atoms with Crippen LogP contribution in [0.2, 0.25) is 0 Å². The largest absolute Gasteiger partial charge is 0.340 e. The van der Waals surface area contributed by atoms with Gasteiger partial charge in [-0.2, -0.15) is 0 Å². The Balaban J connectivity index is 1.95. The Hall–Kier alpha value is -1.35. The zero-order valence-corrected chi connectivity index (χ0v) is 11.3. The van der Waals surface area contributed by atoms with Crippen molar-refractivity contribution < 1.29 is 4.79 Å². The Morgan fingerprint density at radius 2 is 2.11 bits per heavy atom. The molecule has 1 unspecified atom stereocenters. The van der Waals surface area contributed by atoms with Crippen molar-refractivity contribution in [2.45, 2.75) is 25.8 Å². The van der Waals surface area contributed by atoms with Gasteiger partial charge < -0.3 is 4.90 Å². The molecule has 2 rings (SSSR count). The van der Waals surface area contributed by atoms with E-state index in [0.29, 0.717) is 6.04 Å². The molecule has 1 heterocycles. The lowest BCUT2D eigenvalue weighted by Crippen LogP contribution is -2.41. The van der Waals surface area contributed by atoms with Gasteiger partial charge in [-0.15, -0.1) is 0 Å². The van der Waals surface area contributed by atoms with Crippen molar-refractivity contribution in [2.75, 3.05) is 26.7 Å². The molecule has 1 saturated heterocycles. The molecule has 3 heteroatoms. The first-order chi connectivity index (χ1) is 8.72. The fourth-order valence-corrected chi connectivity index (χ4v) is 2.72. The Morgan fingerprint density at radius 3 is 2.78 bits per heavy atom. The van der Waals surface area contributed by atoms with Crippen LogP contribution in [0.3, 0.4) is 0 Å². The normalized spacial score (nSPS) is 20.0. The summed E-state index contributed by atoms with van der Waals surface area (Å²) in [6.07, 6.45) is 2.46. The molecule has 0 aromatic heterocycles. The molecule has 0 radical (unpaired) electrons. The molecule has 0 bridgehead atoms. The van der Waals surface area contributed by atoms with Gasteiger partial charge in [0.15, 0.2) is 0 Å². The lowest BCUT2D eigenvalue weighted by molar-refractivity contribution is 0.0754. The average Bonchev–Trinajstić information content (AvgIpc) is 2.86. The van der Waals surface area contributed by atoms with E-state index >= 15 is 0 Å². The molecule has 18 heavy (non-hydrogen) atoms. The van der Waals surface area contributed by atoms with E-state index < -0.39 is 0 Å². The van der Waals surface area contributed by atoms with Crippen LogP contribution in [0.25, 0.3) is 0 Å². The van der Waals surface area contributed by atoms with Gasteiger partial charge in [0.05, 0.1) is 0 Å². The van der Waals surface area contributed by atoms with E-state index in [-0.39, 0.29) is 5.91 Å². The highest BCUT2D eigenvalue weighted by molar-refractivity contribution is 5.94. The van der Waals surface area contributed by atoms with Crippen LogP contribution in [0.4, 0.5) is 0 Å². The van der Waals surface area contributed by atoms with Crippen LogP contribution >= 0.6 is 0 Å². The molecular formula is C15H22N2O. The van der Waals surface area contributed by atoms with Gasteiger partial charge in [-0.25, -0.2) is 0 Å². The number of benzene rings is 1. The molecule has 1 aromatic rings. The molecule has 0 aliphatic carbocycles. The van der Waals surface area contributed by atoms with Crippen LogP contribution in [-0.2, 0) is 0 Å². The zero-order valence-electron chi connectivity index (χ0n) is 11.3. The summed E-state index contributed by atoms with van der Waals surface area (Å²) in [5, 5.41) is 0. The van der Waals surface area contributed by atoms with Crippen molar-refractivity contribution in [3.63, 3.8) is 0 Å². The first kappa shape index (κ1) is 13.1. The number of likely N-dealkylation sites (N-methyl/N-ethyl adjacent to an activating group) is 2. The predicted octanol–water partition coefficient (Wildman–Crippen LogP) is 2.24. The monoisotopic (exact) mass is 246 g/mol. The molecular weight excluding hydrogens is 224 g/mol. The zero-order chi connectivity index (χ0) is 13.0. The highest BCUT2D eigenvalue weighted by Gasteiger charge is 2.25. The highest BCUT2D eigenvalue weighted by Crippen LogP contribution is 2.17. The molecule has 0 spiro atoms. The molecule has 98 valence electrons. The summed E-state index contributed by atoms with van der Waals surface area (Å²) < 4.78 is 0. The van der Waals surface area contributed by atoms with Gasteiger partial charge in [-0.3, -0.25) is 9.69 Å². The molecule has 1 amide bonds. The Labute approximate surface area is 109 Å². The minimum absolute atomic E-state index is 0.124. The van der Waals surface area contributed by atoms with Crippen molar-refractivity contribution in [2.24, 2.45) is 0 Å². The number of amides is 1. The lowest BCUT2D eigenvalue weighted by Gasteiger charge is -2.27. The van der Waals surface area contributed by atoms with E-state index in [1.807, 2.05) is 42.3 Å². The summed E-state index contributed by atoms with van der Waals surface area (Å²) in [6, 6.07) is 10.1. The number of hydrogen-bond donors (Lipinski definition) is 0. The standard InChI is InChI=1S/C15H22N2O/c1-3-17-11-7-10-14(17)12-16(2)15(18)13-8-5-4-6-9-13/h4-6,8-9,14H,3,7,10-12H2,1-2H3. The van der Waals surface area contributed by atoms with E-state index in [1.54, 1.807) is 0 Å². The third-order valence-electron chi connectivity index (χ3n) is 3.76. The van der Waals surface area contributed by atoms with Crippen LogP contribution in [0.1, 0.15) is 30.1 Å². The second-order valence-electron chi connectivity index (χ2n) is 4.98. The number of carbonyl (C=O) groups excluding carboxylic acids is 1. The van der Waals surface area contributed by atoms with Crippen molar-refractivity contribution in [3.8, 4) is 0 Å². The summed E-state index contributed by atoms with van der Waals surface area (Å²) in [6.45, 7) is 5.28. The molecule has 0 saturated carbocycles.